The third-order valence-corrected chi connectivity index (χ3v) is 4.31. The molecule has 0 saturated heterocycles. The zero-order valence-electron chi connectivity index (χ0n) is 10.7. The van der Waals surface area contributed by atoms with E-state index in [1.54, 1.807) is 23.9 Å². The number of rotatable bonds is 4. The molecule has 2 aromatic heterocycles. The first-order valence-corrected chi connectivity index (χ1v) is 7.14. The molecular formula is C15H15N3S. The van der Waals surface area contributed by atoms with Gasteiger partial charge in [0.15, 0.2) is 0 Å². The minimum Gasteiger partial charge on any atom is -0.311 e. The lowest BCUT2D eigenvalue weighted by Crippen LogP contribution is -2.19. The molecule has 19 heavy (non-hydrogen) atoms. The second kappa shape index (κ2) is 5.47. The number of aromatic nitrogens is 2. The maximum absolute atomic E-state index is 4.34. The van der Waals surface area contributed by atoms with Gasteiger partial charge in [0.05, 0.1) is 11.7 Å². The third-order valence-electron chi connectivity index (χ3n) is 3.30. The van der Waals surface area contributed by atoms with Crippen LogP contribution < -0.4 is 5.32 Å². The number of likely N-dealkylation sites (N-methyl/N-ethyl adjacent to an activating group) is 1. The van der Waals surface area contributed by atoms with Crippen LogP contribution in [0.1, 0.15) is 17.3 Å². The van der Waals surface area contributed by atoms with Gasteiger partial charge >= 0.3 is 0 Å². The van der Waals surface area contributed by atoms with Gasteiger partial charge in [-0.05, 0) is 41.9 Å². The highest BCUT2D eigenvalue weighted by atomic mass is 32.1. The summed E-state index contributed by atoms with van der Waals surface area (Å²) in [6, 6.07) is 10.7. The monoisotopic (exact) mass is 269 g/mol. The van der Waals surface area contributed by atoms with Crippen molar-refractivity contribution in [2.75, 3.05) is 7.05 Å². The topological polar surface area (TPSA) is 37.8 Å². The highest BCUT2D eigenvalue weighted by Crippen LogP contribution is 2.28. The van der Waals surface area contributed by atoms with Crippen molar-refractivity contribution in [1.29, 1.82) is 0 Å². The summed E-state index contributed by atoms with van der Waals surface area (Å²) < 4.78 is 1.34. The van der Waals surface area contributed by atoms with E-state index in [9.17, 15) is 0 Å². The average Bonchev–Trinajstić information content (AvgIpc) is 2.89. The van der Waals surface area contributed by atoms with Gasteiger partial charge in [0.1, 0.15) is 6.33 Å². The molecule has 0 spiro atoms. The predicted octanol–water partition coefficient (Wildman–Crippen LogP) is 3.19. The zero-order chi connectivity index (χ0) is 13.1. The molecule has 0 radical (unpaired) electrons. The Morgan fingerprint density at radius 2 is 2.16 bits per heavy atom. The molecular weight excluding hydrogens is 254 g/mol. The van der Waals surface area contributed by atoms with Gasteiger partial charge in [-0.3, -0.25) is 0 Å². The number of fused-ring (bicyclic) bond motifs is 1. The molecule has 1 unspecified atom stereocenters. The highest BCUT2D eigenvalue weighted by Gasteiger charge is 2.13. The molecule has 1 atom stereocenters. The molecule has 0 aliphatic heterocycles. The van der Waals surface area contributed by atoms with Crippen molar-refractivity contribution in [2.45, 2.75) is 12.5 Å². The van der Waals surface area contributed by atoms with Crippen molar-refractivity contribution in [3.63, 3.8) is 0 Å². The molecule has 3 nitrogen and oxygen atoms in total. The molecule has 0 amide bonds. The van der Waals surface area contributed by atoms with Gasteiger partial charge in [-0.15, -0.1) is 11.3 Å². The Morgan fingerprint density at radius 3 is 2.95 bits per heavy atom. The lowest BCUT2D eigenvalue weighted by atomic mass is 10.0. The molecule has 0 fully saturated rings. The second-order valence-electron chi connectivity index (χ2n) is 4.44. The minimum absolute atomic E-state index is 0.223. The van der Waals surface area contributed by atoms with Crippen molar-refractivity contribution >= 4 is 21.4 Å². The van der Waals surface area contributed by atoms with Crippen LogP contribution in [0, 0.1) is 0 Å². The van der Waals surface area contributed by atoms with Crippen molar-refractivity contribution in [3.8, 4) is 0 Å². The van der Waals surface area contributed by atoms with Crippen LogP contribution in [0.5, 0.6) is 0 Å². The molecule has 0 bridgehead atoms. The molecule has 1 N–H and O–H groups in total. The third kappa shape index (κ3) is 2.50. The SMILES string of the molecule is CNC(Cc1csc2ccccc12)c1ccncn1. The Bertz CT molecular complexity index is 663. The number of hydrogen-bond donors (Lipinski definition) is 1. The zero-order valence-corrected chi connectivity index (χ0v) is 11.5. The molecule has 2 heterocycles. The molecule has 0 aliphatic carbocycles. The molecule has 4 heteroatoms. The summed E-state index contributed by atoms with van der Waals surface area (Å²) >= 11 is 1.80. The summed E-state index contributed by atoms with van der Waals surface area (Å²) in [6.07, 6.45) is 4.33. The summed E-state index contributed by atoms with van der Waals surface area (Å²) in [5.41, 5.74) is 2.41. The Morgan fingerprint density at radius 1 is 1.26 bits per heavy atom. The number of hydrogen-bond acceptors (Lipinski definition) is 4. The number of nitrogens with one attached hydrogen (secondary N) is 1. The van der Waals surface area contributed by atoms with Crippen LogP contribution in [-0.2, 0) is 6.42 Å². The first-order valence-electron chi connectivity index (χ1n) is 6.27. The summed E-state index contributed by atoms with van der Waals surface area (Å²) in [7, 11) is 1.97. The number of thiophene rings is 1. The molecule has 0 aliphatic rings. The van der Waals surface area contributed by atoms with Crippen LogP contribution in [0.4, 0.5) is 0 Å². The van der Waals surface area contributed by atoms with E-state index in [1.807, 2.05) is 13.1 Å². The second-order valence-corrected chi connectivity index (χ2v) is 5.35. The van der Waals surface area contributed by atoms with Crippen LogP contribution >= 0.6 is 11.3 Å². The van der Waals surface area contributed by atoms with Crippen LogP contribution in [0.3, 0.4) is 0 Å². The van der Waals surface area contributed by atoms with E-state index < -0.39 is 0 Å². The Kier molecular flexibility index (Phi) is 3.53. The van der Waals surface area contributed by atoms with E-state index in [2.05, 4.69) is 44.9 Å². The molecule has 1 aromatic carbocycles. The van der Waals surface area contributed by atoms with E-state index >= 15 is 0 Å². The van der Waals surface area contributed by atoms with Gasteiger partial charge in [0.2, 0.25) is 0 Å². The lowest BCUT2D eigenvalue weighted by molar-refractivity contribution is 0.576. The Labute approximate surface area is 116 Å². The standard InChI is InChI=1S/C15H15N3S/c1-16-14(13-6-7-17-10-18-13)8-11-9-19-15-5-3-2-4-12(11)15/h2-7,9-10,14,16H,8H2,1H3. The normalized spacial score (nSPS) is 12.7. The van der Waals surface area contributed by atoms with Crippen molar-refractivity contribution in [1.82, 2.24) is 15.3 Å². The number of benzene rings is 1. The van der Waals surface area contributed by atoms with Gasteiger partial charge < -0.3 is 5.32 Å². The van der Waals surface area contributed by atoms with E-state index in [0.29, 0.717) is 0 Å². The van der Waals surface area contributed by atoms with Gasteiger partial charge in [0.25, 0.3) is 0 Å². The maximum atomic E-state index is 4.34. The predicted molar refractivity (Wildman–Crippen MR) is 79.4 cm³/mol. The molecule has 3 rings (SSSR count). The maximum Gasteiger partial charge on any atom is 0.115 e. The van der Waals surface area contributed by atoms with Crippen molar-refractivity contribution in [3.05, 3.63) is 59.5 Å². The first-order chi connectivity index (χ1) is 9.38. The summed E-state index contributed by atoms with van der Waals surface area (Å²) in [6.45, 7) is 0. The minimum atomic E-state index is 0.223. The van der Waals surface area contributed by atoms with Gasteiger partial charge in [-0.1, -0.05) is 18.2 Å². The average molecular weight is 269 g/mol. The number of nitrogens with zero attached hydrogens (tertiary/aromatic N) is 2. The smallest absolute Gasteiger partial charge is 0.115 e. The Balaban J connectivity index is 1.91. The largest absolute Gasteiger partial charge is 0.311 e. The van der Waals surface area contributed by atoms with Gasteiger partial charge in [-0.25, -0.2) is 9.97 Å². The summed E-state index contributed by atoms with van der Waals surface area (Å²) in [5, 5.41) is 6.93. The van der Waals surface area contributed by atoms with Gasteiger partial charge in [0, 0.05) is 10.9 Å². The van der Waals surface area contributed by atoms with E-state index in [-0.39, 0.29) is 6.04 Å². The Hall–Kier alpha value is -1.78. The van der Waals surface area contributed by atoms with Crippen LogP contribution in [-0.4, -0.2) is 17.0 Å². The first kappa shape index (κ1) is 12.3. The van der Waals surface area contributed by atoms with E-state index in [0.717, 1.165) is 12.1 Å². The lowest BCUT2D eigenvalue weighted by Gasteiger charge is -2.14. The highest BCUT2D eigenvalue weighted by molar-refractivity contribution is 7.17. The van der Waals surface area contributed by atoms with Crippen molar-refractivity contribution in [2.24, 2.45) is 0 Å². The van der Waals surface area contributed by atoms with E-state index in [1.165, 1.54) is 15.6 Å². The van der Waals surface area contributed by atoms with Crippen LogP contribution in [0.2, 0.25) is 0 Å². The van der Waals surface area contributed by atoms with Crippen LogP contribution in [0.15, 0.2) is 48.2 Å². The molecule has 3 aromatic rings. The fourth-order valence-corrected chi connectivity index (χ4v) is 3.25. The quantitative estimate of drug-likeness (QED) is 0.790. The van der Waals surface area contributed by atoms with Crippen LogP contribution in [0.25, 0.3) is 10.1 Å². The fourth-order valence-electron chi connectivity index (χ4n) is 2.27. The summed E-state index contributed by atoms with van der Waals surface area (Å²) in [5.74, 6) is 0. The van der Waals surface area contributed by atoms with E-state index in [4.69, 9.17) is 0 Å². The molecule has 0 saturated carbocycles. The summed E-state index contributed by atoms with van der Waals surface area (Å²) in [4.78, 5) is 8.31. The van der Waals surface area contributed by atoms with Gasteiger partial charge in [-0.2, -0.15) is 0 Å². The fraction of sp³-hybridized carbons (Fsp3) is 0.200. The molecule has 96 valence electrons. The van der Waals surface area contributed by atoms with Crippen molar-refractivity contribution < 1.29 is 0 Å².